The smallest absolute Gasteiger partial charge is 0.251 e. The maximum atomic E-state index is 12.8. The Kier molecular flexibility index (Phi) is 4.64. The standard InChI is InChI=1S/C24H33N3O/c1-7-20-15(3)26-27(16(20)4)19-10-8-17(9-11-19)23(28)25-22-13-18-12-21(14(22)2)24(18,5)6/h8-11,14,18,21-22H,7,12-13H2,1-6H3,(H,25,28)/t14-,18+,21-,22-/m1/s1. The molecule has 0 unspecified atom stereocenters. The summed E-state index contributed by atoms with van der Waals surface area (Å²) in [4.78, 5) is 12.8. The van der Waals surface area contributed by atoms with E-state index in [9.17, 15) is 4.79 Å². The molecule has 1 heterocycles. The van der Waals surface area contributed by atoms with Gasteiger partial charge in [0.25, 0.3) is 5.91 Å². The van der Waals surface area contributed by atoms with Gasteiger partial charge >= 0.3 is 0 Å². The first-order valence-electron chi connectivity index (χ1n) is 10.7. The molecule has 1 aromatic heterocycles. The highest BCUT2D eigenvalue weighted by atomic mass is 16.1. The minimum Gasteiger partial charge on any atom is -0.349 e. The topological polar surface area (TPSA) is 46.9 Å². The third-order valence-electron chi connectivity index (χ3n) is 7.84. The van der Waals surface area contributed by atoms with Gasteiger partial charge in [0, 0.05) is 17.3 Å². The third kappa shape index (κ3) is 2.89. The van der Waals surface area contributed by atoms with E-state index in [2.05, 4.69) is 52.0 Å². The first-order valence-corrected chi connectivity index (χ1v) is 10.7. The lowest BCUT2D eigenvalue weighted by atomic mass is 9.45. The molecule has 4 atom stereocenters. The largest absolute Gasteiger partial charge is 0.349 e. The van der Waals surface area contributed by atoms with Gasteiger partial charge in [0.1, 0.15) is 0 Å². The number of fused-ring (bicyclic) bond motifs is 2. The van der Waals surface area contributed by atoms with E-state index in [1.807, 2.05) is 28.9 Å². The van der Waals surface area contributed by atoms with Crippen molar-refractivity contribution in [3.63, 3.8) is 0 Å². The van der Waals surface area contributed by atoms with Gasteiger partial charge in [-0.2, -0.15) is 5.10 Å². The second-order valence-electron chi connectivity index (χ2n) is 9.50. The molecule has 0 radical (unpaired) electrons. The highest BCUT2D eigenvalue weighted by Gasteiger charge is 2.56. The summed E-state index contributed by atoms with van der Waals surface area (Å²) in [6, 6.07) is 8.14. The Morgan fingerprint density at radius 2 is 1.89 bits per heavy atom. The number of hydrogen-bond acceptors (Lipinski definition) is 2. The maximum absolute atomic E-state index is 12.8. The molecule has 2 bridgehead atoms. The van der Waals surface area contributed by atoms with Crippen LogP contribution in [0.25, 0.3) is 5.69 Å². The molecule has 3 aliphatic carbocycles. The van der Waals surface area contributed by atoms with Crippen LogP contribution < -0.4 is 5.32 Å². The van der Waals surface area contributed by atoms with Crippen LogP contribution in [0.1, 0.15) is 67.8 Å². The van der Waals surface area contributed by atoms with Gasteiger partial charge < -0.3 is 5.32 Å². The predicted molar refractivity (Wildman–Crippen MR) is 113 cm³/mol. The molecule has 150 valence electrons. The SMILES string of the molecule is CCc1c(C)nn(-c2ccc(C(=O)N[C@@H]3C[C@@H]4C[C@H]([C@H]3C)C4(C)C)cc2)c1C. The molecule has 3 fully saturated rings. The number of hydrogen-bond donors (Lipinski definition) is 1. The van der Waals surface area contributed by atoms with Gasteiger partial charge in [-0.05, 0) is 86.1 Å². The maximum Gasteiger partial charge on any atom is 0.251 e. The molecule has 2 aromatic rings. The number of aryl methyl sites for hydroxylation is 1. The molecular weight excluding hydrogens is 346 g/mol. The number of amides is 1. The van der Waals surface area contributed by atoms with Crippen molar-refractivity contribution in [1.82, 2.24) is 15.1 Å². The van der Waals surface area contributed by atoms with Gasteiger partial charge in [-0.15, -0.1) is 0 Å². The molecule has 0 saturated heterocycles. The predicted octanol–water partition coefficient (Wildman–Crippen LogP) is 4.85. The van der Waals surface area contributed by atoms with E-state index in [-0.39, 0.29) is 5.91 Å². The van der Waals surface area contributed by atoms with Crippen LogP contribution in [0.3, 0.4) is 0 Å². The normalized spacial score (nSPS) is 27.9. The Labute approximate surface area is 168 Å². The van der Waals surface area contributed by atoms with Gasteiger partial charge in [-0.3, -0.25) is 4.79 Å². The van der Waals surface area contributed by atoms with Crippen LogP contribution in [0, 0.1) is 37.0 Å². The van der Waals surface area contributed by atoms with E-state index in [4.69, 9.17) is 0 Å². The van der Waals surface area contributed by atoms with E-state index in [0.29, 0.717) is 17.4 Å². The van der Waals surface area contributed by atoms with Crippen LogP contribution in [0.4, 0.5) is 0 Å². The van der Waals surface area contributed by atoms with E-state index in [1.165, 1.54) is 17.7 Å². The monoisotopic (exact) mass is 379 g/mol. The first-order chi connectivity index (χ1) is 13.2. The van der Waals surface area contributed by atoms with Crippen LogP contribution in [0.5, 0.6) is 0 Å². The molecule has 1 amide bonds. The Hall–Kier alpha value is -2.10. The molecule has 3 aliphatic rings. The minimum absolute atomic E-state index is 0.0464. The molecule has 3 saturated carbocycles. The quantitative estimate of drug-likeness (QED) is 0.825. The fourth-order valence-electron chi connectivity index (χ4n) is 5.78. The fourth-order valence-corrected chi connectivity index (χ4v) is 5.78. The van der Waals surface area contributed by atoms with Crippen LogP contribution in [-0.4, -0.2) is 21.7 Å². The molecule has 0 aliphatic heterocycles. The number of nitrogens with zero attached hydrogens (tertiary/aromatic N) is 2. The summed E-state index contributed by atoms with van der Waals surface area (Å²) in [5, 5.41) is 7.99. The molecule has 4 heteroatoms. The summed E-state index contributed by atoms with van der Waals surface area (Å²) in [5.41, 5.74) is 5.73. The Morgan fingerprint density at radius 3 is 2.43 bits per heavy atom. The zero-order valence-corrected chi connectivity index (χ0v) is 18.0. The number of rotatable bonds is 4. The third-order valence-corrected chi connectivity index (χ3v) is 7.84. The van der Waals surface area contributed by atoms with Gasteiger partial charge in [0.05, 0.1) is 11.4 Å². The van der Waals surface area contributed by atoms with Gasteiger partial charge in [-0.25, -0.2) is 4.68 Å². The van der Waals surface area contributed by atoms with Gasteiger partial charge in [-0.1, -0.05) is 27.7 Å². The summed E-state index contributed by atoms with van der Waals surface area (Å²) in [7, 11) is 0. The molecule has 28 heavy (non-hydrogen) atoms. The number of benzene rings is 1. The van der Waals surface area contributed by atoms with Crippen molar-refractivity contribution in [2.24, 2.45) is 23.2 Å². The van der Waals surface area contributed by atoms with Crippen molar-refractivity contribution < 1.29 is 4.79 Å². The van der Waals surface area contributed by atoms with Crippen molar-refractivity contribution in [2.75, 3.05) is 0 Å². The van der Waals surface area contributed by atoms with Crippen LogP contribution >= 0.6 is 0 Å². The number of carbonyl (C=O) groups excluding carboxylic acids is 1. The van der Waals surface area contributed by atoms with E-state index >= 15 is 0 Å². The van der Waals surface area contributed by atoms with E-state index < -0.39 is 0 Å². The molecule has 4 nitrogen and oxygen atoms in total. The van der Waals surface area contributed by atoms with Gasteiger partial charge in [0.2, 0.25) is 0 Å². The first kappa shape index (κ1) is 19.2. The summed E-state index contributed by atoms with van der Waals surface area (Å²) in [5.74, 6) is 2.08. The van der Waals surface area contributed by atoms with Crippen LogP contribution in [0.2, 0.25) is 0 Å². The Morgan fingerprint density at radius 1 is 1.21 bits per heavy atom. The number of nitrogens with one attached hydrogen (secondary N) is 1. The van der Waals surface area contributed by atoms with Gasteiger partial charge in [0.15, 0.2) is 0 Å². The average Bonchev–Trinajstić information content (AvgIpc) is 2.96. The Bertz CT molecular complexity index is 893. The lowest BCUT2D eigenvalue weighted by Crippen LogP contribution is -2.60. The summed E-state index contributed by atoms with van der Waals surface area (Å²) >= 11 is 0. The van der Waals surface area contributed by atoms with Crippen molar-refractivity contribution in [2.45, 2.75) is 66.8 Å². The fraction of sp³-hybridized carbons (Fsp3) is 0.583. The lowest BCUT2D eigenvalue weighted by molar-refractivity contribution is -0.113. The van der Waals surface area contributed by atoms with E-state index in [0.717, 1.165) is 41.6 Å². The lowest BCUT2D eigenvalue weighted by Gasteiger charge is -2.62. The summed E-state index contributed by atoms with van der Waals surface area (Å²) < 4.78 is 1.98. The zero-order chi connectivity index (χ0) is 20.2. The van der Waals surface area contributed by atoms with Crippen LogP contribution in [-0.2, 0) is 6.42 Å². The zero-order valence-electron chi connectivity index (χ0n) is 18.0. The van der Waals surface area contributed by atoms with Crippen molar-refractivity contribution in [3.05, 3.63) is 46.8 Å². The molecular formula is C24H33N3O. The van der Waals surface area contributed by atoms with Crippen molar-refractivity contribution >= 4 is 5.91 Å². The van der Waals surface area contributed by atoms with E-state index in [1.54, 1.807) is 0 Å². The minimum atomic E-state index is 0.0464. The molecule has 1 N–H and O–H groups in total. The highest BCUT2D eigenvalue weighted by molar-refractivity contribution is 5.94. The molecule has 1 aromatic carbocycles. The molecule has 5 rings (SSSR count). The van der Waals surface area contributed by atoms with Crippen LogP contribution in [0.15, 0.2) is 24.3 Å². The highest BCUT2D eigenvalue weighted by Crippen LogP contribution is 2.61. The second-order valence-corrected chi connectivity index (χ2v) is 9.50. The average molecular weight is 380 g/mol. The summed E-state index contributed by atoms with van der Waals surface area (Å²) in [6.45, 7) is 13.4. The number of aromatic nitrogens is 2. The molecule has 0 spiro atoms. The van der Waals surface area contributed by atoms with Crippen molar-refractivity contribution in [1.29, 1.82) is 0 Å². The van der Waals surface area contributed by atoms with Crippen molar-refractivity contribution in [3.8, 4) is 5.69 Å². The second kappa shape index (κ2) is 6.75. The summed E-state index contributed by atoms with van der Waals surface area (Å²) in [6.07, 6.45) is 3.42. The number of carbonyl (C=O) groups is 1. The Balaban J connectivity index is 1.47.